The number of carbonyl (C=O) groups is 1. The lowest BCUT2D eigenvalue weighted by Crippen LogP contribution is -2.28. The Labute approximate surface area is 379 Å². The molecule has 2 atom stereocenters. The molecule has 0 radical (unpaired) electrons. The predicted molar refractivity (Wildman–Crippen MR) is 265 cm³/mol. The molecule has 8 nitrogen and oxygen atoms in total. The van der Waals surface area contributed by atoms with Crippen LogP contribution in [0.3, 0.4) is 0 Å². The Hall–Kier alpha value is -3.10. The monoisotopic (exact) mass is 882 g/mol. The highest BCUT2D eigenvalue weighted by molar-refractivity contribution is 7.47. The molecule has 0 bridgehead atoms. The van der Waals surface area contributed by atoms with E-state index in [0.717, 1.165) is 128 Å². The molecule has 0 aromatic heterocycles. The molecule has 0 aliphatic carbocycles. The van der Waals surface area contributed by atoms with Gasteiger partial charge in [0.2, 0.25) is 0 Å². The molecule has 0 spiro atoms. The number of rotatable bonds is 44. The van der Waals surface area contributed by atoms with Gasteiger partial charge in [0.25, 0.3) is 0 Å². The van der Waals surface area contributed by atoms with Gasteiger partial charge in [-0.3, -0.25) is 13.8 Å². The van der Waals surface area contributed by atoms with Gasteiger partial charge in [-0.1, -0.05) is 180 Å². The first kappa shape index (κ1) is 58.9. The van der Waals surface area contributed by atoms with Crippen LogP contribution in [0.5, 0.6) is 0 Å². The number of phosphoric ester groups is 1. The normalized spacial score (nSPS) is 14.5. The van der Waals surface area contributed by atoms with Crippen LogP contribution in [0.4, 0.5) is 0 Å². The summed E-state index contributed by atoms with van der Waals surface area (Å²) in [5.74, 6) is -0.360. The first-order chi connectivity index (χ1) is 30.4. The lowest BCUT2D eigenvalue weighted by atomic mass is 10.1. The van der Waals surface area contributed by atoms with Crippen LogP contribution in [0, 0.1) is 0 Å². The summed E-state index contributed by atoms with van der Waals surface area (Å²) in [7, 11) is -4.30. The molecule has 0 fully saturated rings. The molecular formula is C53H88NO7P. The van der Waals surface area contributed by atoms with Gasteiger partial charge in [-0.05, 0) is 103 Å². The van der Waals surface area contributed by atoms with Crippen molar-refractivity contribution in [2.45, 2.75) is 174 Å². The highest BCUT2D eigenvalue weighted by Crippen LogP contribution is 2.43. The van der Waals surface area contributed by atoms with Crippen LogP contribution in [-0.4, -0.2) is 49.9 Å². The summed E-state index contributed by atoms with van der Waals surface area (Å²) in [4.78, 5) is 22.6. The second-order valence-corrected chi connectivity index (χ2v) is 16.7. The number of hydrogen-bond donors (Lipinski definition) is 2. The van der Waals surface area contributed by atoms with E-state index in [1.165, 1.54) is 19.3 Å². The zero-order valence-electron chi connectivity index (χ0n) is 39.1. The van der Waals surface area contributed by atoms with E-state index in [1.54, 1.807) is 0 Å². The fourth-order valence-corrected chi connectivity index (χ4v) is 6.70. The molecule has 2 unspecified atom stereocenters. The second kappa shape index (κ2) is 48.9. The van der Waals surface area contributed by atoms with Crippen LogP contribution >= 0.6 is 7.82 Å². The number of phosphoric acid groups is 1. The molecular weight excluding hydrogens is 794 g/mol. The van der Waals surface area contributed by atoms with Crippen molar-refractivity contribution < 1.29 is 32.8 Å². The van der Waals surface area contributed by atoms with E-state index in [1.807, 2.05) is 0 Å². The molecule has 9 heteroatoms. The highest BCUT2D eigenvalue weighted by Gasteiger charge is 2.25. The Morgan fingerprint density at radius 3 is 1.27 bits per heavy atom. The lowest BCUT2D eigenvalue weighted by Gasteiger charge is -2.20. The fraction of sp³-hybridized carbons (Fsp3) is 0.604. The van der Waals surface area contributed by atoms with Crippen LogP contribution in [0.2, 0.25) is 0 Å². The molecule has 0 aromatic carbocycles. The average molecular weight is 882 g/mol. The Morgan fingerprint density at radius 1 is 0.484 bits per heavy atom. The van der Waals surface area contributed by atoms with Crippen LogP contribution in [0.1, 0.15) is 168 Å². The third-order valence-corrected chi connectivity index (χ3v) is 10.4. The Kier molecular flexibility index (Phi) is 46.5. The van der Waals surface area contributed by atoms with Crippen molar-refractivity contribution in [2.24, 2.45) is 5.73 Å². The third kappa shape index (κ3) is 47.9. The maximum atomic E-state index is 12.6. The Balaban J connectivity index is 4.10. The quantitative estimate of drug-likeness (QED) is 0.0269. The van der Waals surface area contributed by atoms with Crippen LogP contribution in [-0.2, 0) is 27.9 Å². The van der Waals surface area contributed by atoms with Crippen molar-refractivity contribution in [1.29, 1.82) is 0 Å². The minimum atomic E-state index is -4.30. The molecule has 62 heavy (non-hydrogen) atoms. The van der Waals surface area contributed by atoms with E-state index in [2.05, 4.69) is 135 Å². The summed E-state index contributed by atoms with van der Waals surface area (Å²) >= 11 is 0. The van der Waals surface area contributed by atoms with Crippen LogP contribution in [0.25, 0.3) is 0 Å². The Bertz CT molecular complexity index is 1360. The number of esters is 1. The zero-order chi connectivity index (χ0) is 45.1. The SMILES string of the molecule is CC/C=C\C/C=C\C/C=C\C/C=C\C/C=C\CCCCCCCCOCC(COP(=O)(O)OCCN)OC(=O)CCCCCCC/C=C\C/C=C\C/C=C\C/C=C\C/C=C\CC. The highest BCUT2D eigenvalue weighted by atomic mass is 31.2. The van der Waals surface area contributed by atoms with Gasteiger partial charge in [-0.15, -0.1) is 0 Å². The maximum Gasteiger partial charge on any atom is 0.472 e. The summed E-state index contributed by atoms with van der Waals surface area (Å²) in [6.45, 7) is 4.60. The lowest BCUT2D eigenvalue weighted by molar-refractivity contribution is -0.154. The molecule has 0 saturated carbocycles. The van der Waals surface area contributed by atoms with E-state index in [-0.39, 0.29) is 38.8 Å². The van der Waals surface area contributed by atoms with Gasteiger partial charge in [0.05, 0.1) is 19.8 Å². The predicted octanol–water partition coefficient (Wildman–Crippen LogP) is 15.0. The number of ether oxygens (including phenoxy) is 2. The average Bonchev–Trinajstić information content (AvgIpc) is 3.26. The van der Waals surface area contributed by atoms with Crippen molar-refractivity contribution in [3.8, 4) is 0 Å². The zero-order valence-corrected chi connectivity index (χ0v) is 39.9. The van der Waals surface area contributed by atoms with Crippen molar-refractivity contribution in [3.05, 3.63) is 122 Å². The standard InChI is InChI=1S/C53H88NO7P/c1-3-5-7-9-11-13-15-17-19-21-23-25-27-29-31-33-35-37-39-41-43-45-48-58-50-52(51-60-62(56,57)59-49-47-54)61-53(55)46-44-42-40-38-36-34-32-30-28-26-24-22-20-18-16-14-12-10-8-6-4-2/h5-8,11-14,17-20,23-26,29-32,52H,3-4,9-10,15-16,21-22,27-28,33-51,54H2,1-2H3,(H,56,57)/b7-5-,8-6-,13-11-,14-12-,19-17-,20-18-,25-23-,26-24-,31-29-,32-30-. The van der Waals surface area contributed by atoms with Gasteiger partial charge in [0, 0.05) is 19.6 Å². The van der Waals surface area contributed by atoms with Crippen molar-refractivity contribution in [3.63, 3.8) is 0 Å². The maximum absolute atomic E-state index is 12.6. The summed E-state index contributed by atoms with van der Waals surface area (Å²) in [5.41, 5.74) is 5.38. The molecule has 352 valence electrons. The molecule has 0 heterocycles. The van der Waals surface area contributed by atoms with Gasteiger partial charge in [-0.2, -0.15) is 0 Å². The van der Waals surface area contributed by atoms with E-state index in [0.29, 0.717) is 6.61 Å². The fourth-order valence-electron chi connectivity index (χ4n) is 5.93. The largest absolute Gasteiger partial charge is 0.472 e. The molecule has 3 N–H and O–H groups in total. The van der Waals surface area contributed by atoms with Crippen molar-refractivity contribution >= 4 is 13.8 Å². The number of hydrogen-bond acceptors (Lipinski definition) is 7. The van der Waals surface area contributed by atoms with Crippen LogP contribution in [0.15, 0.2) is 122 Å². The smallest absolute Gasteiger partial charge is 0.457 e. The molecule has 0 aliphatic rings. The van der Waals surface area contributed by atoms with Gasteiger partial charge < -0.3 is 20.1 Å². The third-order valence-electron chi connectivity index (χ3n) is 9.37. The number of nitrogens with two attached hydrogens (primary N) is 1. The first-order valence-corrected chi connectivity index (χ1v) is 25.5. The summed E-state index contributed by atoms with van der Waals surface area (Å²) in [6.07, 6.45) is 67.9. The first-order valence-electron chi connectivity index (χ1n) is 24.0. The van der Waals surface area contributed by atoms with E-state index < -0.39 is 13.9 Å². The number of allylic oxidation sites excluding steroid dienone is 20. The van der Waals surface area contributed by atoms with E-state index in [4.69, 9.17) is 24.3 Å². The van der Waals surface area contributed by atoms with Gasteiger partial charge >= 0.3 is 13.8 Å². The van der Waals surface area contributed by atoms with Crippen LogP contribution < -0.4 is 5.73 Å². The van der Waals surface area contributed by atoms with Crippen molar-refractivity contribution in [2.75, 3.05) is 33.0 Å². The van der Waals surface area contributed by atoms with Gasteiger partial charge in [0.15, 0.2) is 0 Å². The molecule has 0 aliphatic heterocycles. The van der Waals surface area contributed by atoms with Gasteiger partial charge in [-0.25, -0.2) is 4.57 Å². The van der Waals surface area contributed by atoms with Gasteiger partial charge in [0.1, 0.15) is 6.10 Å². The minimum Gasteiger partial charge on any atom is -0.457 e. The number of unbranched alkanes of at least 4 members (excludes halogenated alkanes) is 11. The summed E-state index contributed by atoms with van der Waals surface area (Å²) in [5, 5.41) is 0. The van der Waals surface area contributed by atoms with E-state index >= 15 is 0 Å². The van der Waals surface area contributed by atoms with E-state index in [9.17, 15) is 14.3 Å². The summed E-state index contributed by atoms with van der Waals surface area (Å²) < 4.78 is 33.5. The van der Waals surface area contributed by atoms with Crippen molar-refractivity contribution in [1.82, 2.24) is 0 Å². The minimum absolute atomic E-state index is 0.0864. The molecule has 0 rings (SSSR count). The second-order valence-electron chi connectivity index (χ2n) is 15.2. The Morgan fingerprint density at radius 2 is 0.855 bits per heavy atom. The molecule has 0 amide bonds. The molecule has 0 saturated heterocycles. The summed E-state index contributed by atoms with van der Waals surface area (Å²) in [6, 6.07) is 0. The molecule has 0 aromatic rings. The number of carbonyl (C=O) groups excluding carboxylic acids is 1. The topological polar surface area (TPSA) is 117 Å².